The van der Waals surface area contributed by atoms with E-state index in [9.17, 15) is 4.79 Å². The second kappa shape index (κ2) is 8.03. The molecule has 25 heavy (non-hydrogen) atoms. The van der Waals surface area contributed by atoms with E-state index in [0.717, 1.165) is 47.4 Å². The van der Waals surface area contributed by atoms with Gasteiger partial charge >= 0.3 is 0 Å². The molecule has 1 fully saturated rings. The molecule has 0 amide bonds. The average Bonchev–Trinajstić information content (AvgIpc) is 3.04. The van der Waals surface area contributed by atoms with Crippen LogP contribution in [0, 0.1) is 17.8 Å². The van der Waals surface area contributed by atoms with E-state index in [1.807, 2.05) is 18.2 Å². The first-order valence-corrected chi connectivity index (χ1v) is 9.65. The summed E-state index contributed by atoms with van der Waals surface area (Å²) in [6, 6.07) is 5.59. The quantitative estimate of drug-likeness (QED) is 0.741. The number of rotatable bonds is 7. The zero-order chi connectivity index (χ0) is 17.8. The Morgan fingerprint density at radius 2 is 2.16 bits per heavy atom. The van der Waals surface area contributed by atoms with Crippen LogP contribution in [-0.4, -0.2) is 17.1 Å². The monoisotopic (exact) mass is 342 g/mol. The van der Waals surface area contributed by atoms with Crippen molar-refractivity contribution in [2.45, 2.75) is 58.8 Å². The van der Waals surface area contributed by atoms with Crippen molar-refractivity contribution in [1.29, 1.82) is 0 Å². The van der Waals surface area contributed by atoms with Gasteiger partial charge in [-0.1, -0.05) is 39.5 Å². The number of aryl methyl sites for hydroxylation is 1. The third kappa shape index (κ3) is 4.23. The van der Waals surface area contributed by atoms with Gasteiger partial charge in [-0.2, -0.15) is 0 Å². The Balaban J connectivity index is 1.56. The molecule has 3 unspecified atom stereocenters. The van der Waals surface area contributed by atoms with Crippen molar-refractivity contribution in [2.75, 3.05) is 7.11 Å². The van der Waals surface area contributed by atoms with Crippen LogP contribution in [0.5, 0.6) is 5.75 Å². The molecule has 4 nitrogen and oxygen atoms in total. The molecule has 0 spiro atoms. The van der Waals surface area contributed by atoms with Gasteiger partial charge in [-0.05, 0) is 49.1 Å². The third-order valence-corrected chi connectivity index (χ3v) is 5.95. The highest BCUT2D eigenvalue weighted by Crippen LogP contribution is 2.38. The molecule has 1 aliphatic carbocycles. The van der Waals surface area contributed by atoms with Gasteiger partial charge in [0.05, 0.1) is 18.1 Å². The molecule has 1 aromatic heterocycles. The topological polar surface area (TPSA) is 55.0 Å². The first-order chi connectivity index (χ1) is 12.1. The van der Waals surface area contributed by atoms with E-state index in [1.165, 1.54) is 32.1 Å². The number of hydrogen-bond acceptors (Lipinski definition) is 3. The lowest BCUT2D eigenvalue weighted by Crippen LogP contribution is -2.16. The molecule has 0 radical (unpaired) electrons. The largest absolute Gasteiger partial charge is 0.497 e. The molecule has 2 aromatic rings. The summed E-state index contributed by atoms with van der Waals surface area (Å²) in [6.45, 7) is 4.81. The zero-order valence-corrected chi connectivity index (χ0v) is 15.7. The fourth-order valence-electron chi connectivity index (χ4n) is 4.39. The number of hydrogen-bond donors (Lipinski definition) is 1. The van der Waals surface area contributed by atoms with Gasteiger partial charge in [-0.15, -0.1) is 0 Å². The molecular weight excluding hydrogens is 312 g/mol. The molecule has 1 aliphatic rings. The van der Waals surface area contributed by atoms with Crippen LogP contribution in [-0.2, 0) is 6.42 Å². The van der Waals surface area contributed by atoms with E-state index in [-0.39, 0.29) is 5.56 Å². The number of H-pyrrole nitrogens is 1. The number of aromatic nitrogens is 2. The smallest absolute Gasteiger partial charge is 0.270 e. The number of fused-ring (bicyclic) bond motifs is 1. The highest BCUT2D eigenvalue weighted by atomic mass is 16.5. The van der Waals surface area contributed by atoms with E-state index in [2.05, 4.69) is 23.8 Å². The Morgan fingerprint density at radius 3 is 2.88 bits per heavy atom. The molecule has 0 bridgehead atoms. The van der Waals surface area contributed by atoms with Gasteiger partial charge in [0.1, 0.15) is 11.4 Å². The van der Waals surface area contributed by atoms with Gasteiger partial charge in [0.15, 0.2) is 0 Å². The van der Waals surface area contributed by atoms with Crippen LogP contribution in [0.1, 0.15) is 58.1 Å². The lowest BCUT2D eigenvalue weighted by molar-refractivity contribution is 0.274. The lowest BCUT2D eigenvalue weighted by atomic mass is 9.83. The maximum absolute atomic E-state index is 12.3. The first-order valence-electron chi connectivity index (χ1n) is 9.65. The van der Waals surface area contributed by atoms with Crippen LogP contribution >= 0.6 is 0 Å². The van der Waals surface area contributed by atoms with Gasteiger partial charge in [0, 0.05) is 6.07 Å². The van der Waals surface area contributed by atoms with Gasteiger partial charge in [-0.25, -0.2) is 4.98 Å². The molecule has 1 aromatic carbocycles. The van der Waals surface area contributed by atoms with E-state index in [4.69, 9.17) is 4.74 Å². The van der Waals surface area contributed by atoms with E-state index in [1.54, 1.807) is 7.11 Å². The number of unbranched alkanes of at least 4 members (excludes halogenated alkanes) is 1. The maximum Gasteiger partial charge on any atom is 0.270 e. The van der Waals surface area contributed by atoms with Crippen molar-refractivity contribution < 1.29 is 4.74 Å². The second-order valence-corrected chi connectivity index (χ2v) is 7.69. The number of methoxy groups -OCH3 is 1. The molecule has 1 N–H and O–H groups in total. The summed E-state index contributed by atoms with van der Waals surface area (Å²) in [6.07, 6.45) is 8.42. The standard InChI is InChI=1S/C21H30N2O2/c1-14(17-9-6-8-15(17)2)7-4-5-10-19-21(24)23-20-13-16(25-3)11-12-18(20)22-19/h11-15,17H,4-10H2,1-3H3,(H,23,24). The molecule has 4 heteroatoms. The minimum Gasteiger partial charge on any atom is -0.497 e. The summed E-state index contributed by atoms with van der Waals surface area (Å²) in [5, 5.41) is 0. The van der Waals surface area contributed by atoms with Crippen LogP contribution in [0.2, 0.25) is 0 Å². The van der Waals surface area contributed by atoms with E-state index < -0.39 is 0 Å². The Bertz CT molecular complexity index is 768. The summed E-state index contributed by atoms with van der Waals surface area (Å²) in [5.74, 6) is 3.31. The summed E-state index contributed by atoms with van der Waals surface area (Å²) >= 11 is 0. The van der Waals surface area contributed by atoms with Crippen LogP contribution in [0.4, 0.5) is 0 Å². The van der Waals surface area contributed by atoms with Crippen LogP contribution in [0.15, 0.2) is 23.0 Å². The van der Waals surface area contributed by atoms with E-state index in [0.29, 0.717) is 5.69 Å². The molecule has 1 heterocycles. The second-order valence-electron chi connectivity index (χ2n) is 7.69. The van der Waals surface area contributed by atoms with Gasteiger partial charge < -0.3 is 9.72 Å². The summed E-state index contributed by atoms with van der Waals surface area (Å²) in [5.41, 5.74) is 2.14. The zero-order valence-electron chi connectivity index (χ0n) is 15.7. The molecule has 3 rings (SSSR count). The van der Waals surface area contributed by atoms with Crippen LogP contribution in [0.3, 0.4) is 0 Å². The minimum absolute atomic E-state index is 0.0711. The summed E-state index contributed by atoms with van der Waals surface area (Å²) in [7, 11) is 1.62. The maximum atomic E-state index is 12.3. The number of aromatic amines is 1. The molecular formula is C21H30N2O2. The highest BCUT2D eigenvalue weighted by Gasteiger charge is 2.27. The number of nitrogens with zero attached hydrogens (tertiary/aromatic N) is 1. The van der Waals surface area contributed by atoms with Gasteiger partial charge in [0.2, 0.25) is 0 Å². The van der Waals surface area contributed by atoms with Crippen LogP contribution in [0.25, 0.3) is 11.0 Å². The first kappa shape index (κ1) is 18.0. The highest BCUT2D eigenvalue weighted by molar-refractivity contribution is 5.75. The molecule has 1 saturated carbocycles. The van der Waals surface area contributed by atoms with Gasteiger partial charge in [0.25, 0.3) is 5.56 Å². The van der Waals surface area contributed by atoms with Crippen molar-refractivity contribution in [3.05, 3.63) is 34.2 Å². The number of benzene rings is 1. The Labute approximate surface area is 150 Å². The van der Waals surface area contributed by atoms with Crippen molar-refractivity contribution in [3.63, 3.8) is 0 Å². The Morgan fingerprint density at radius 1 is 1.32 bits per heavy atom. The van der Waals surface area contributed by atoms with Crippen molar-refractivity contribution in [2.24, 2.45) is 17.8 Å². The Kier molecular flexibility index (Phi) is 5.77. The molecule has 136 valence electrons. The van der Waals surface area contributed by atoms with Crippen LogP contribution < -0.4 is 10.3 Å². The Hall–Kier alpha value is -1.84. The number of ether oxygens (including phenoxy) is 1. The summed E-state index contributed by atoms with van der Waals surface area (Å²) < 4.78 is 5.19. The SMILES string of the molecule is COc1ccc2nc(CCCCC(C)C3CCCC3C)c(=O)[nH]c2c1. The van der Waals surface area contributed by atoms with Crippen molar-refractivity contribution in [1.82, 2.24) is 9.97 Å². The minimum atomic E-state index is -0.0711. The molecule has 3 atom stereocenters. The fourth-order valence-corrected chi connectivity index (χ4v) is 4.39. The average molecular weight is 342 g/mol. The van der Waals surface area contributed by atoms with Crippen molar-refractivity contribution in [3.8, 4) is 5.75 Å². The van der Waals surface area contributed by atoms with E-state index >= 15 is 0 Å². The molecule has 0 aliphatic heterocycles. The lowest BCUT2D eigenvalue weighted by Gasteiger charge is -2.23. The number of nitrogens with one attached hydrogen (secondary N) is 1. The predicted octanol–water partition coefficient (Wildman–Crippen LogP) is 4.72. The predicted molar refractivity (Wildman–Crippen MR) is 102 cm³/mol. The third-order valence-electron chi connectivity index (χ3n) is 5.95. The van der Waals surface area contributed by atoms with Gasteiger partial charge in [-0.3, -0.25) is 4.79 Å². The molecule has 0 saturated heterocycles. The van der Waals surface area contributed by atoms with Crippen molar-refractivity contribution >= 4 is 11.0 Å². The fraction of sp³-hybridized carbons (Fsp3) is 0.619. The normalized spacial score (nSPS) is 21.6. The summed E-state index contributed by atoms with van der Waals surface area (Å²) in [4.78, 5) is 19.7.